The van der Waals surface area contributed by atoms with Crippen molar-refractivity contribution >= 4 is 17.6 Å². The van der Waals surface area contributed by atoms with Crippen LogP contribution in [0.15, 0.2) is 24.3 Å². The third-order valence-corrected chi connectivity index (χ3v) is 2.86. The average molecular weight is 280 g/mol. The van der Waals surface area contributed by atoms with E-state index in [0.717, 1.165) is 6.42 Å². The van der Waals surface area contributed by atoms with Crippen LogP contribution < -0.4 is 15.8 Å². The van der Waals surface area contributed by atoms with E-state index in [1.807, 2.05) is 6.92 Å². The lowest BCUT2D eigenvalue weighted by atomic mass is 10.0. The topological polar surface area (TPSA) is 102 Å². The largest absolute Gasteiger partial charge is 0.482 e. The van der Waals surface area contributed by atoms with Crippen LogP contribution in [-0.2, 0) is 9.59 Å². The predicted octanol–water partition coefficient (Wildman–Crippen LogP) is 1.46. The summed E-state index contributed by atoms with van der Waals surface area (Å²) in [4.78, 5) is 22.2. The van der Waals surface area contributed by atoms with Gasteiger partial charge in [0.25, 0.3) is 0 Å². The van der Waals surface area contributed by atoms with Crippen LogP contribution in [0.3, 0.4) is 0 Å². The van der Waals surface area contributed by atoms with Gasteiger partial charge < -0.3 is 20.9 Å². The molecule has 4 N–H and O–H groups in total. The number of nitrogens with one attached hydrogen (secondary N) is 1. The van der Waals surface area contributed by atoms with Crippen molar-refractivity contribution in [1.82, 2.24) is 0 Å². The summed E-state index contributed by atoms with van der Waals surface area (Å²) in [5, 5.41) is 11.3. The van der Waals surface area contributed by atoms with Crippen molar-refractivity contribution in [1.29, 1.82) is 0 Å². The molecule has 1 aromatic rings. The molecule has 1 rings (SSSR count). The first-order valence-corrected chi connectivity index (χ1v) is 6.49. The monoisotopic (exact) mass is 280 g/mol. The Balaban J connectivity index is 2.56. The van der Waals surface area contributed by atoms with Crippen LogP contribution in [0, 0.1) is 5.92 Å². The molecule has 1 unspecified atom stereocenters. The van der Waals surface area contributed by atoms with Crippen LogP contribution in [0.4, 0.5) is 5.69 Å². The maximum Gasteiger partial charge on any atom is 0.341 e. The molecule has 6 heteroatoms. The number of carboxylic acid groups (broad SMARTS) is 1. The Morgan fingerprint density at radius 3 is 2.80 bits per heavy atom. The van der Waals surface area contributed by atoms with Gasteiger partial charge in [-0.25, -0.2) is 4.79 Å². The maximum absolute atomic E-state index is 11.8. The molecule has 0 heterocycles. The molecular formula is C14H20N2O4. The summed E-state index contributed by atoms with van der Waals surface area (Å²) >= 11 is 0. The zero-order valence-electron chi connectivity index (χ0n) is 11.5. The summed E-state index contributed by atoms with van der Waals surface area (Å²) in [6.07, 6.45) is 1.22. The number of hydrogen-bond acceptors (Lipinski definition) is 4. The van der Waals surface area contributed by atoms with E-state index >= 15 is 0 Å². The molecule has 1 aromatic carbocycles. The van der Waals surface area contributed by atoms with E-state index in [1.54, 1.807) is 24.3 Å². The summed E-state index contributed by atoms with van der Waals surface area (Å²) in [6.45, 7) is 2.05. The average Bonchev–Trinajstić information content (AvgIpc) is 2.43. The van der Waals surface area contributed by atoms with Crippen molar-refractivity contribution in [3.8, 4) is 5.75 Å². The highest BCUT2D eigenvalue weighted by Gasteiger charge is 2.11. The Hall–Kier alpha value is -2.08. The molecular weight excluding hydrogens is 260 g/mol. The summed E-state index contributed by atoms with van der Waals surface area (Å²) < 4.78 is 5.04. The predicted molar refractivity (Wildman–Crippen MR) is 75.7 cm³/mol. The lowest BCUT2D eigenvalue weighted by Gasteiger charge is -2.12. The number of ether oxygens (including phenoxy) is 1. The highest BCUT2D eigenvalue weighted by Crippen LogP contribution is 2.18. The van der Waals surface area contributed by atoms with Crippen molar-refractivity contribution in [2.75, 3.05) is 18.5 Å². The normalized spacial score (nSPS) is 11.7. The highest BCUT2D eigenvalue weighted by atomic mass is 16.5. The summed E-state index contributed by atoms with van der Waals surface area (Å²) in [5.41, 5.74) is 6.14. The summed E-state index contributed by atoms with van der Waals surface area (Å²) in [6, 6.07) is 6.62. The number of carbonyl (C=O) groups excluding carboxylic acids is 1. The Morgan fingerprint density at radius 2 is 2.20 bits per heavy atom. The van der Waals surface area contributed by atoms with Crippen molar-refractivity contribution in [3.05, 3.63) is 24.3 Å². The minimum absolute atomic E-state index is 0.113. The second-order valence-electron chi connectivity index (χ2n) is 4.47. The Kier molecular flexibility index (Phi) is 6.52. The molecule has 20 heavy (non-hydrogen) atoms. The third kappa shape index (κ3) is 5.71. The lowest BCUT2D eigenvalue weighted by molar-refractivity contribution is -0.139. The zero-order valence-corrected chi connectivity index (χ0v) is 11.5. The van der Waals surface area contributed by atoms with Gasteiger partial charge in [-0.2, -0.15) is 0 Å². The van der Waals surface area contributed by atoms with Gasteiger partial charge in [0.05, 0.1) is 0 Å². The smallest absolute Gasteiger partial charge is 0.341 e. The first-order chi connectivity index (χ1) is 9.55. The molecule has 0 saturated heterocycles. The molecule has 110 valence electrons. The molecule has 0 fully saturated rings. The minimum Gasteiger partial charge on any atom is -0.482 e. The number of nitrogens with two attached hydrogens (primary N) is 1. The quantitative estimate of drug-likeness (QED) is 0.669. The van der Waals surface area contributed by atoms with Gasteiger partial charge in [0.2, 0.25) is 5.91 Å². The number of carboxylic acids is 1. The number of anilines is 1. The number of benzene rings is 1. The third-order valence-electron chi connectivity index (χ3n) is 2.86. The number of rotatable bonds is 8. The van der Waals surface area contributed by atoms with E-state index in [4.69, 9.17) is 15.6 Å². The zero-order chi connectivity index (χ0) is 15.0. The number of hydrogen-bond donors (Lipinski definition) is 3. The molecule has 1 amide bonds. The molecule has 1 atom stereocenters. The fourth-order valence-corrected chi connectivity index (χ4v) is 1.68. The van der Waals surface area contributed by atoms with E-state index in [0.29, 0.717) is 24.4 Å². The number of aliphatic carboxylic acids is 1. The SMILES string of the molecule is CCC(CN)CC(=O)Nc1cccc(OCC(=O)O)c1. The van der Waals surface area contributed by atoms with Crippen LogP contribution in [0.5, 0.6) is 5.75 Å². The molecule has 0 aliphatic rings. The van der Waals surface area contributed by atoms with Gasteiger partial charge in [-0.1, -0.05) is 19.4 Å². The van der Waals surface area contributed by atoms with Crippen LogP contribution >= 0.6 is 0 Å². The van der Waals surface area contributed by atoms with Crippen molar-refractivity contribution in [3.63, 3.8) is 0 Å². The van der Waals surface area contributed by atoms with Crippen molar-refractivity contribution in [2.45, 2.75) is 19.8 Å². The second kappa shape index (κ2) is 8.16. The second-order valence-corrected chi connectivity index (χ2v) is 4.47. The van der Waals surface area contributed by atoms with Crippen LogP contribution in [0.2, 0.25) is 0 Å². The Morgan fingerprint density at radius 1 is 1.45 bits per heavy atom. The Labute approximate surface area is 117 Å². The standard InChI is InChI=1S/C14H20N2O4/c1-2-10(8-15)6-13(17)16-11-4-3-5-12(7-11)20-9-14(18)19/h3-5,7,10H,2,6,8-9,15H2,1H3,(H,16,17)(H,18,19). The molecule has 0 aromatic heterocycles. The fourth-order valence-electron chi connectivity index (χ4n) is 1.68. The molecule has 0 aliphatic heterocycles. The maximum atomic E-state index is 11.8. The van der Waals surface area contributed by atoms with Gasteiger partial charge in [-0.15, -0.1) is 0 Å². The Bertz CT molecular complexity index is 458. The first kappa shape index (κ1) is 16.0. The molecule has 0 saturated carbocycles. The van der Waals surface area contributed by atoms with Crippen molar-refractivity contribution in [2.24, 2.45) is 11.7 Å². The van der Waals surface area contributed by atoms with Crippen LogP contribution in [-0.4, -0.2) is 30.1 Å². The van der Waals surface area contributed by atoms with Gasteiger partial charge >= 0.3 is 5.97 Å². The molecule has 0 radical (unpaired) electrons. The van der Waals surface area contributed by atoms with Gasteiger partial charge in [0.15, 0.2) is 6.61 Å². The lowest BCUT2D eigenvalue weighted by Crippen LogP contribution is -2.21. The van der Waals surface area contributed by atoms with E-state index in [-0.39, 0.29) is 11.8 Å². The number of amides is 1. The van der Waals surface area contributed by atoms with E-state index in [2.05, 4.69) is 5.32 Å². The van der Waals surface area contributed by atoms with E-state index < -0.39 is 12.6 Å². The first-order valence-electron chi connectivity index (χ1n) is 6.49. The number of carbonyl (C=O) groups is 2. The highest BCUT2D eigenvalue weighted by molar-refractivity contribution is 5.91. The van der Waals surface area contributed by atoms with Gasteiger partial charge in [0.1, 0.15) is 5.75 Å². The van der Waals surface area contributed by atoms with Gasteiger partial charge in [0, 0.05) is 18.2 Å². The van der Waals surface area contributed by atoms with E-state index in [1.165, 1.54) is 0 Å². The van der Waals surface area contributed by atoms with Gasteiger partial charge in [-0.3, -0.25) is 4.79 Å². The minimum atomic E-state index is -1.05. The van der Waals surface area contributed by atoms with E-state index in [9.17, 15) is 9.59 Å². The fraction of sp³-hybridized carbons (Fsp3) is 0.429. The van der Waals surface area contributed by atoms with Gasteiger partial charge in [-0.05, 0) is 24.6 Å². The molecule has 0 spiro atoms. The van der Waals surface area contributed by atoms with Crippen LogP contribution in [0.1, 0.15) is 19.8 Å². The van der Waals surface area contributed by atoms with Crippen LogP contribution in [0.25, 0.3) is 0 Å². The van der Waals surface area contributed by atoms with Crippen molar-refractivity contribution < 1.29 is 19.4 Å². The molecule has 6 nitrogen and oxygen atoms in total. The molecule has 0 bridgehead atoms. The molecule has 0 aliphatic carbocycles. The summed E-state index contributed by atoms with van der Waals surface area (Å²) in [5.74, 6) is -0.594. The summed E-state index contributed by atoms with van der Waals surface area (Å²) in [7, 11) is 0.